The lowest BCUT2D eigenvalue weighted by Crippen LogP contribution is -2.50. The summed E-state index contributed by atoms with van der Waals surface area (Å²) in [5.74, 6) is 3.05. The Morgan fingerprint density at radius 2 is 1.65 bits per heavy atom. The van der Waals surface area contributed by atoms with Gasteiger partial charge in [-0.25, -0.2) is 0 Å². The topological polar surface area (TPSA) is 52.9 Å². The molecule has 1 aliphatic heterocycles. The standard InChI is InChI=1S/C22H39NO3/c24-15-20-21(25)5-4-7-23(20)6-2-1-3-8-26-16-22-12-17-9-18(13-22)11-19(10-17)14-22/h17-21,24-25H,1-16H2/t17?,18?,19?,20-,21+,22?/m1/s1. The summed E-state index contributed by atoms with van der Waals surface area (Å²) in [6.07, 6.45) is 13.9. The lowest BCUT2D eigenvalue weighted by Gasteiger charge is -2.56. The zero-order valence-electron chi connectivity index (χ0n) is 16.5. The maximum atomic E-state index is 10.0. The van der Waals surface area contributed by atoms with Gasteiger partial charge in [0.2, 0.25) is 0 Å². The molecule has 4 saturated carbocycles. The average Bonchev–Trinajstić information content (AvgIpc) is 2.60. The Hall–Kier alpha value is -0.160. The van der Waals surface area contributed by atoms with Gasteiger partial charge in [-0.1, -0.05) is 0 Å². The fraction of sp³-hybridized carbons (Fsp3) is 1.00. The predicted molar refractivity (Wildman–Crippen MR) is 103 cm³/mol. The molecule has 4 nitrogen and oxygen atoms in total. The third kappa shape index (κ3) is 4.29. The molecule has 2 N–H and O–H groups in total. The molecule has 4 heteroatoms. The molecule has 0 aromatic carbocycles. The first-order chi connectivity index (χ1) is 12.7. The van der Waals surface area contributed by atoms with E-state index in [2.05, 4.69) is 4.90 Å². The van der Waals surface area contributed by atoms with Gasteiger partial charge in [0.25, 0.3) is 0 Å². The first-order valence-electron chi connectivity index (χ1n) is 11.3. The van der Waals surface area contributed by atoms with Crippen molar-refractivity contribution in [3.63, 3.8) is 0 Å². The number of rotatable bonds is 9. The van der Waals surface area contributed by atoms with Crippen LogP contribution in [-0.2, 0) is 4.74 Å². The molecular weight excluding hydrogens is 326 g/mol. The average molecular weight is 366 g/mol. The summed E-state index contributed by atoms with van der Waals surface area (Å²) in [5, 5.41) is 19.5. The summed E-state index contributed by atoms with van der Waals surface area (Å²) in [7, 11) is 0. The van der Waals surface area contributed by atoms with Crippen molar-refractivity contribution < 1.29 is 14.9 Å². The molecule has 0 amide bonds. The highest BCUT2D eigenvalue weighted by molar-refractivity contribution is 5.01. The van der Waals surface area contributed by atoms with E-state index in [9.17, 15) is 10.2 Å². The van der Waals surface area contributed by atoms with Crippen molar-refractivity contribution in [2.24, 2.45) is 23.2 Å². The number of aliphatic hydroxyl groups is 2. The van der Waals surface area contributed by atoms with E-state index in [0.717, 1.165) is 69.7 Å². The van der Waals surface area contributed by atoms with Crippen molar-refractivity contribution in [2.45, 2.75) is 82.8 Å². The van der Waals surface area contributed by atoms with Crippen LogP contribution in [0.15, 0.2) is 0 Å². The van der Waals surface area contributed by atoms with Crippen LogP contribution in [0.5, 0.6) is 0 Å². The zero-order valence-corrected chi connectivity index (χ0v) is 16.5. The first kappa shape index (κ1) is 19.2. The Morgan fingerprint density at radius 1 is 0.962 bits per heavy atom. The molecule has 5 fully saturated rings. The monoisotopic (exact) mass is 365 g/mol. The number of nitrogens with zero attached hydrogens (tertiary/aromatic N) is 1. The molecule has 26 heavy (non-hydrogen) atoms. The molecule has 1 saturated heterocycles. The van der Waals surface area contributed by atoms with Crippen LogP contribution in [0.2, 0.25) is 0 Å². The Morgan fingerprint density at radius 3 is 2.31 bits per heavy atom. The molecule has 1 heterocycles. The molecular formula is C22H39NO3. The summed E-state index contributed by atoms with van der Waals surface area (Å²) in [6.45, 7) is 4.02. The summed E-state index contributed by atoms with van der Waals surface area (Å²) >= 11 is 0. The summed E-state index contributed by atoms with van der Waals surface area (Å²) < 4.78 is 6.18. The van der Waals surface area contributed by atoms with E-state index in [1.807, 2.05) is 0 Å². The first-order valence-corrected chi connectivity index (χ1v) is 11.3. The number of hydrogen-bond acceptors (Lipinski definition) is 4. The Kier molecular flexibility index (Phi) is 6.24. The summed E-state index contributed by atoms with van der Waals surface area (Å²) in [6, 6.07) is -0.0453. The Balaban J connectivity index is 1.09. The summed E-state index contributed by atoms with van der Waals surface area (Å²) in [4.78, 5) is 2.28. The minimum atomic E-state index is -0.350. The molecule has 0 spiro atoms. The van der Waals surface area contributed by atoms with Crippen LogP contribution in [-0.4, -0.2) is 60.2 Å². The van der Waals surface area contributed by atoms with Gasteiger partial charge >= 0.3 is 0 Å². The molecule has 0 aromatic heterocycles. The van der Waals surface area contributed by atoms with Crippen molar-refractivity contribution >= 4 is 0 Å². The van der Waals surface area contributed by atoms with Crippen molar-refractivity contribution in [2.75, 3.05) is 32.9 Å². The largest absolute Gasteiger partial charge is 0.395 e. The van der Waals surface area contributed by atoms with Gasteiger partial charge in [0, 0.05) is 6.61 Å². The predicted octanol–water partition coefficient (Wildman–Crippen LogP) is 3.21. The van der Waals surface area contributed by atoms with Gasteiger partial charge in [0.15, 0.2) is 0 Å². The number of unbranched alkanes of at least 4 members (excludes halogenated alkanes) is 2. The normalized spacial score (nSPS) is 42.5. The molecule has 5 rings (SSSR count). The quantitative estimate of drug-likeness (QED) is 0.616. The second kappa shape index (κ2) is 8.46. The number of piperidine rings is 1. The van der Waals surface area contributed by atoms with Crippen molar-refractivity contribution in [3.8, 4) is 0 Å². The van der Waals surface area contributed by atoms with Gasteiger partial charge in [-0.15, -0.1) is 0 Å². The van der Waals surface area contributed by atoms with Crippen LogP contribution in [0.3, 0.4) is 0 Å². The SMILES string of the molecule is OC[C@@H]1[C@@H](O)CCCN1CCCCCOCC12CC3CC(CC(C3)C1)C2. The van der Waals surface area contributed by atoms with Crippen molar-refractivity contribution in [1.82, 2.24) is 4.90 Å². The highest BCUT2D eigenvalue weighted by atomic mass is 16.5. The van der Waals surface area contributed by atoms with E-state index >= 15 is 0 Å². The van der Waals surface area contributed by atoms with Crippen LogP contribution in [0.4, 0.5) is 0 Å². The number of likely N-dealkylation sites (tertiary alicyclic amines) is 1. The maximum Gasteiger partial charge on any atom is 0.0718 e. The third-order valence-electron chi connectivity index (χ3n) is 7.85. The molecule has 2 atom stereocenters. The van der Waals surface area contributed by atoms with Gasteiger partial charge in [-0.2, -0.15) is 0 Å². The van der Waals surface area contributed by atoms with E-state index in [4.69, 9.17) is 4.74 Å². The second-order valence-electron chi connectivity index (χ2n) is 10.0. The van der Waals surface area contributed by atoms with E-state index in [-0.39, 0.29) is 18.8 Å². The van der Waals surface area contributed by atoms with Crippen LogP contribution in [0.25, 0.3) is 0 Å². The van der Waals surface area contributed by atoms with Crippen LogP contribution in [0.1, 0.15) is 70.6 Å². The molecule has 4 bridgehead atoms. The van der Waals surface area contributed by atoms with Gasteiger partial charge in [0.1, 0.15) is 0 Å². The molecule has 150 valence electrons. The molecule has 0 aromatic rings. The maximum absolute atomic E-state index is 10.0. The van der Waals surface area contributed by atoms with Crippen LogP contribution in [0, 0.1) is 23.2 Å². The fourth-order valence-corrected chi connectivity index (χ4v) is 7.07. The van der Waals surface area contributed by atoms with Crippen LogP contribution < -0.4 is 0 Å². The molecule has 5 aliphatic rings. The minimum Gasteiger partial charge on any atom is -0.395 e. The molecule has 4 aliphatic carbocycles. The van der Waals surface area contributed by atoms with Crippen LogP contribution >= 0.6 is 0 Å². The zero-order chi connectivity index (χ0) is 18.0. The minimum absolute atomic E-state index is 0.0453. The smallest absolute Gasteiger partial charge is 0.0718 e. The van der Waals surface area contributed by atoms with Crippen molar-refractivity contribution in [1.29, 1.82) is 0 Å². The Bertz CT molecular complexity index is 419. The Labute approximate surface area is 159 Å². The van der Waals surface area contributed by atoms with Gasteiger partial charge in [0.05, 0.1) is 25.4 Å². The molecule has 0 radical (unpaired) electrons. The molecule has 0 unspecified atom stereocenters. The van der Waals surface area contributed by atoms with Gasteiger partial charge in [-0.05, 0) is 107 Å². The number of aliphatic hydroxyl groups excluding tert-OH is 2. The van der Waals surface area contributed by atoms with E-state index in [1.54, 1.807) is 0 Å². The fourth-order valence-electron chi connectivity index (χ4n) is 7.07. The summed E-state index contributed by atoms with van der Waals surface area (Å²) in [5.41, 5.74) is 0.549. The third-order valence-corrected chi connectivity index (χ3v) is 7.85. The lowest BCUT2D eigenvalue weighted by atomic mass is 9.50. The second-order valence-corrected chi connectivity index (χ2v) is 10.0. The number of hydrogen-bond donors (Lipinski definition) is 2. The van der Waals surface area contributed by atoms with Crippen molar-refractivity contribution in [3.05, 3.63) is 0 Å². The van der Waals surface area contributed by atoms with Gasteiger partial charge in [-0.3, -0.25) is 4.90 Å². The van der Waals surface area contributed by atoms with E-state index < -0.39 is 0 Å². The highest BCUT2D eigenvalue weighted by Crippen LogP contribution is 2.60. The van der Waals surface area contributed by atoms with E-state index in [1.165, 1.54) is 44.9 Å². The lowest BCUT2D eigenvalue weighted by molar-refractivity contribution is -0.0966. The van der Waals surface area contributed by atoms with E-state index in [0.29, 0.717) is 5.41 Å². The highest BCUT2D eigenvalue weighted by Gasteiger charge is 2.50. The number of ether oxygens (including phenoxy) is 1. The van der Waals surface area contributed by atoms with Gasteiger partial charge < -0.3 is 14.9 Å².